The summed E-state index contributed by atoms with van der Waals surface area (Å²) in [7, 11) is -1.18. The van der Waals surface area contributed by atoms with E-state index in [1.54, 1.807) is 0 Å². The maximum Gasteiger partial charge on any atom is 0.232 e. The van der Waals surface area contributed by atoms with Gasteiger partial charge in [-0.2, -0.15) is 0 Å². The van der Waals surface area contributed by atoms with E-state index in [4.69, 9.17) is 4.74 Å². The third kappa shape index (κ3) is 5.04. The molecule has 0 aromatic heterocycles. The molecule has 1 aliphatic heterocycles. The molecule has 0 aromatic rings. The molecule has 0 aromatic carbocycles. The second-order valence-electron chi connectivity index (χ2n) is 4.81. The van der Waals surface area contributed by atoms with Crippen LogP contribution < -0.4 is 10.6 Å². The predicted octanol–water partition coefficient (Wildman–Crippen LogP) is 0.0267. The average molecular weight is 276 g/mol. The summed E-state index contributed by atoms with van der Waals surface area (Å²) in [6.07, 6.45) is 0.857. The first-order valence-corrected chi connectivity index (χ1v) is 7.90. The van der Waals surface area contributed by atoms with Crippen molar-refractivity contribution >= 4 is 16.7 Å². The van der Waals surface area contributed by atoms with Crippen LogP contribution in [0.3, 0.4) is 0 Å². The van der Waals surface area contributed by atoms with Crippen LogP contribution >= 0.6 is 0 Å². The highest BCUT2D eigenvalue weighted by molar-refractivity contribution is 7.86. The molecule has 0 spiro atoms. The van der Waals surface area contributed by atoms with E-state index in [1.807, 2.05) is 20.8 Å². The van der Waals surface area contributed by atoms with Gasteiger partial charge in [-0.15, -0.1) is 0 Å². The Balaban J connectivity index is 2.49. The van der Waals surface area contributed by atoms with E-state index in [-0.39, 0.29) is 29.0 Å². The van der Waals surface area contributed by atoms with Gasteiger partial charge in [-0.25, -0.2) is 0 Å². The number of amides is 1. The number of nitrogens with one attached hydrogen (secondary N) is 2. The summed E-state index contributed by atoms with van der Waals surface area (Å²) < 4.78 is 17.6. The van der Waals surface area contributed by atoms with E-state index in [1.165, 1.54) is 0 Å². The third-order valence-corrected chi connectivity index (χ3v) is 4.52. The van der Waals surface area contributed by atoms with Gasteiger partial charge in [0.1, 0.15) is 5.75 Å². The van der Waals surface area contributed by atoms with Crippen molar-refractivity contribution in [2.45, 2.75) is 44.5 Å². The second kappa shape index (κ2) is 7.86. The summed E-state index contributed by atoms with van der Waals surface area (Å²) in [6, 6.07) is 0.276. The largest absolute Gasteiger partial charge is 0.380 e. The Kier molecular flexibility index (Phi) is 6.81. The molecule has 106 valence electrons. The van der Waals surface area contributed by atoms with Crippen LogP contribution in [0.25, 0.3) is 0 Å². The zero-order valence-electron chi connectivity index (χ0n) is 11.4. The molecule has 1 saturated heterocycles. The van der Waals surface area contributed by atoms with Crippen LogP contribution in [0.2, 0.25) is 0 Å². The van der Waals surface area contributed by atoms with Gasteiger partial charge in [-0.05, 0) is 26.8 Å². The summed E-state index contributed by atoms with van der Waals surface area (Å²) in [5, 5.41) is 6.00. The fourth-order valence-corrected chi connectivity index (χ4v) is 3.47. The zero-order chi connectivity index (χ0) is 13.5. The summed E-state index contributed by atoms with van der Waals surface area (Å²) >= 11 is 0. The number of hydrogen-bond acceptors (Lipinski definition) is 4. The van der Waals surface area contributed by atoms with E-state index < -0.39 is 10.8 Å². The molecule has 1 amide bonds. The van der Waals surface area contributed by atoms with Gasteiger partial charge in [0, 0.05) is 29.5 Å². The minimum Gasteiger partial charge on any atom is -0.380 e. The Hall–Kier alpha value is -0.460. The highest BCUT2D eigenvalue weighted by Gasteiger charge is 2.30. The molecule has 3 unspecified atom stereocenters. The van der Waals surface area contributed by atoms with Crippen molar-refractivity contribution in [2.75, 3.05) is 25.5 Å². The molecule has 1 aliphatic rings. The lowest BCUT2D eigenvalue weighted by Crippen LogP contribution is -2.50. The van der Waals surface area contributed by atoms with Gasteiger partial charge < -0.3 is 15.4 Å². The van der Waals surface area contributed by atoms with E-state index in [0.29, 0.717) is 13.2 Å². The number of hydrogen-bond donors (Lipinski definition) is 2. The van der Waals surface area contributed by atoms with E-state index in [0.717, 1.165) is 13.0 Å². The van der Waals surface area contributed by atoms with Crippen LogP contribution in [0.1, 0.15) is 27.2 Å². The lowest BCUT2D eigenvalue weighted by molar-refractivity contribution is -0.119. The summed E-state index contributed by atoms with van der Waals surface area (Å²) in [4.78, 5) is 11.6. The van der Waals surface area contributed by atoms with Crippen molar-refractivity contribution in [3.05, 3.63) is 0 Å². The molecule has 0 bridgehead atoms. The molecule has 1 heterocycles. The van der Waals surface area contributed by atoms with Crippen LogP contribution in [0.5, 0.6) is 0 Å². The number of ether oxygens (including phenoxy) is 1. The van der Waals surface area contributed by atoms with Crippen molar-refractivity contribution in [1.82, 2.24) is 10.6 Å². The minimum absolute atomic E-state index is 0.0636. The van der Waals surface area contributed by atoms with Crippen molar-refractivity contribution in [3.63, 3.8) is 0 Å². The molecular formula is C12H24N2O3S. The number of carbonyl (C=O) groups excluding carboxylic acids is 1. The van der Waals surface area contributed by atoms with Crippen LogP contribution in [-0.2, 0) is 20.3 Å². The van der Waals surface area contributed by atoms with Crippen LogP contribution in [0.15, 0.2) is 0 Å². The maximum atomic E-state index is 12.2. The quantitative estimate of drug-likeness (QED) is 0.718. The molecule has 5 nitrogen and oxygen atoms in total. The Morgan fingerprint density at radius 2 is 2.22 bits per heavy atom. The normalized spacial score (nSPS) is 26.0. The Bertz CT molecular complexity index is 295. The molecule has 2 N–H and O–H groups in total. The monoisotopic (exact) mass is 276 g/mol. The van der Waals surface area contributed by atoms with Crippen LogP contribution in [-0.4, -0.2) is 53.0 Å². The summed E-state index contributed by atoms with van der Waals surface area (Å²) in [6.45, 7) is 7.83. The molecular weight excluding hydrogens is 252 g/mol. The second-order valence-corrected chi connectivity index (χ2v) is 6.47. The summed E-state index contributed by atoms with van der Waals surface area (Å²) in [5.74, 6) is -0.0853. The van der Waals surface area contributed by atoms with Gasteiger partial charge in [0.15, 0.2) is 0 Å². The first-order chi connectivity index (χ1) is 8.54. The molecule has 0 radical (unpaired) electrons. The van der Waals surface area contributed by atoms with Gasteiger partial charge in [0.05, 0.1) is 11.9 Å². The van der Waals surface area contributed by atoms with Gasteiger partial charge >= 0.3 is 0 Å². The van der Waals surface area contributed by atoms with Crippen molar-refractivity contribution in [2.24, 2.45) is 0 Å². The zero-order valence-corrected chi connectivity index (χ0v) is 12.2. The standard InChI is InChI=1S/C12H24N2O3S/c1-4-13-10-5-6-17-7-11(10)18(16)8-12(15)14-9(2)3/h9-11,13H,4-8H2,1-3H3,(H,14,15). The van der Waals surface area contributed by atoms with Gasteiger partial charge in [0.2, 0.25) is 5.91 Å². The minimum atomic E-state index is -1.18. The van der Waals surface area contributed by atoms with E-state index in [9.17, 15) is 9.00 Å². The molecule has 6 heteroatoms. The fourth-order valence-electron chi connectivity index (χ4n) is 2.07. The Morgan fingerprint density at radius 3 is 2.83 bits per heavy atom. The third-order valence-electron chi connectivity index (χ3n) is 2.83. The number of rotatable bonds is 6. The van der Waals surface area contributed by atoms with Gasteiger partial charge in [-0.3, -0.25) is 9.00 Å². The van der Waals surface area contributed by atoms with Gasteiger partial charge in [-0.1, -0.05) is 6.92 Å². The Labute approximate surface area is 111 Å². The molecule has 0 aliphatic carbocycles. The van der Waals surface area contributed by atoms with Crippen molar-refractivity contribution in [1.29, 1.82) is 0 Å². The molecule has 18 heavy (non-hydrogen) atoms. The predicted molar refractivity (Wildman–Crippen MR) is 73.0 cm³/mol. The van der Waals surface area contributed by atoms with Crippen molar-refractivity contribution in [3.8, 4) is 0 Å². The van der Waals surface area contributed by atoms with Crippen LogP contribution in [0, 0.1) is 0 Å². The highest BCUT2D eigenvalue weighted by Crippen LogP contribution is 2.14. The molecule has 1 fully saturated rings. The molecule has 1 rings (SSSR count). The topological polar surface area (TPSA) is 67.4 Å². The fraction of sp³-hybridized carbons (Fsp3) is 0.917. The highest BCUT2D eigenvalue weighted by atomic mass is 32.2. The van der Waals surface area contributed by atoms with Crippen molar-refractivity contribution < 1.29 is 13.7 Å². The maximum absolute atomic E-state index is 12.2. The number of carbonyl (C=O) groups is 1. The Morgan fingerprint density at radius 1 is 1.50 bits per heavy atom. The van der Waals surface area contributed by atoms with Gasteiger partial charge in [0.25, 0.3) is 0 Å². The SMILES string of the molecule is CCNC1CCOCC1S(=O)CC(=O)NC(C)C. The lowest BCUT2D eigenvalue weighted by atomic mass is 10.1. The lowest BCUT2D eigenvalue weighted by Gasteiger charge is -2.31. The molecule has 3 atom stereocenters. The average Bonchev–Trinajstić information content (AvgIpc) is 2.28. The van der Waals surface area contributed by atoms with Crippen LogP contribution in [0.4, 0.5) is 0 Å². The molecule has 0 saturated carbocycles. The smallest absolute Gasteiger partial charge is 0.232 e. The van der Waals surface area contributed by atoms with E-state index in [2.05, 4.69) is 10.6 Å². The summed E-state index contributed by atoms with van der Waals surface area (Å²) in [5.41, 5.74) is 0. The first kappa shape index (κ1) is 15.6. The first-order valence-electron chi connectivity index (χ1n) is 6.52. The van der Waals surface area contributed by atoms with E-state index >= 15 is 0 Å².